The number of allylic oxidation sites excluding steroid dienone is 1. The van der Waals surface area contributed by atoms with Crippen molar-refractivity contribution in [2.45, 2.75) is 45.1 Å². The number of nitrogens with zero attached hydrogens (tertiary/aromatic N) is 1. The number of esters is 1. The molecule has 0 bridgehead atoms. The molecule has 6 heteroatoms. The van der Waals surface area contributed by atoms with Crippen LogP contribution in [-0.2, 0) is 9.53 Å². The van der Waals surface area contributed by atoms with Crippen molar-refractivity contribution < 1.29 is 14.6 Å². The summed E-state index contributed by atoms with van der Waals surface area (Å²) in [5.74, 6) is 0.440. The highest BCUT2D eigenvalue weighted by Gasteiger charge is 2.30. The highest BCUT2D eigenvalue weighted by atomic mass is 16.5. The van der Waals surface area contributed by atoms with Gasteiger partial charge in [0.15, 0.2) is 5.96 Å². The minimum atomic E-state index is -0.577. The molecule has 134 valence electrons. The Hall–Kier alpha value is -2.50. The van der Waals surface area contributed by atoms with E-state index in [0.29, 0.717) is 29.4 Å². The van der Waals surface area contributed by atoms with Crippen molar-refractivity contribution in [1.82, 2.24) is 5.32 Å². The zero-order valence-electron chi connectivity index (χ0n) is 14.5. The third kappa shape index (κ3) is 4.13. The van der Waals surface area contributed by atoms with E-state index in [-0.39, 0.29) is 17.7 Å². The molecule has 1 aliphatic heterocycles. The first-order valence-electron chi connectivity index (χ1n) is 8.81. The van der Waals surface area contributed by atoms with Crippen molar-refractivity contribution in [2.24, 2.45) is 16.6 Å². The Kier molecular flexibility index (Phi) is 5.26. The molecule has 0 amide bonds. The number of carbonyl (C=O) groups is 1. The second-order valence-corrected chi connectivity index (χ2v) is 6.78. The van der Waals surface area contributed by atoms with Crippen LogP contribution in [0.2, 0.25) is 0 Å². The van der Waals surface area contributed by atoms with E-state index in [0.717, 1.165) is 12.8 Å². The molecule has 1 aromatic rings. The largest absolute Gasteiger partial charge is 0.508 e. The van der Waals surface area contributed by atoms with Crippen LogP contribution >= 0.6 is 0 Å². The van der Waals surface area contributed by atoms with E-state index in [1.54, 1.807) is 25.1 Å². The average molecular weight is 343 g/mol. The standard InChI is InChI=1S/C19H25N3O3/c1-12-16(18(24)25-11-13-6-3-2-4-7-13)17(22-19(20)21-12)14-8-5-9-15(23)10-14/h5,8-10,13,17,23H,2-4,6-7,11H2,1H3,(H3,20,21,22). The van der Waals surface area contributed by atoms with Gasteiger partial charge in [-0.2, -0.15) is 0 Å². The Labute approximate surface area is 147 Å². The van der Waals surface area contributed by atoms with E-state index in [1.165, 1.54) is 19.3 Å². The Morgan fingerprint density at radius 2 is 2.12 bits per heavy atom. The molecule has 2 aliphatic rings. The van der Waals surface area contributed by atoms with Crippen LogP contribution in [0.15, 0.2) is 40.5 Å². The van der Waals surface area contributed by atoms with Gasteiger partial charge in [0, 0.05) is 5.70 Å². The summed E-state index contributed by atoms with van der Waals surface area (Å²) in [6, 6.07) is 6.13. The number of nitrogens with two attached hydrogens (primary N) is 1. The first-order valence-corrected chi connectivity index (χ1v) is 8.81. The van der Waals surface area contributed by atoms with Gasteiger partial charge in [0.05, 0.1) is 12.2 Å². The first kappa shape index (κ1) is 17.3. The van der Waals surface area contributed by atoms with Gasteiger partial charge in [-0.15, -0.1) is 0 Å². The molecule has 0 spiro atoms. The highest BCUT2D eigenvalue weighted by molar-refractivity contribution is 5.95. The van der Waals surface area contributed by atoms with Crippen LogP contribution in [-0.4, -0.2) is 23.6 Å². The molecule has 1 unspecified atom stereocenters. The zero-order valence-corrected chi connectivity index (χ0v) is 14.5. The number of nitrogens with one attached hydrogen (secondary N) is 1. The molecule has 0 saturated heterocycles. The number of aliphatic imine (C=N–C) groups is 1. The van der Waals surface area contributed by atoms with E-state index in [2.05, 4.69) is 10.3 Å². The van der Waals surface area contributed by atoms with Gasteiger partial charge in [-0.05, 0) is 43.4 Å². The Morgan fingerprint density at radius 3 is 2.84 bits per heavy atom. The van der Waals surface area contributed by atoms with Crippen molar-refractivity contribution >= 4 is 11.9 Å². The van der Waals surface area contributed by atoms with Gasteiger partial charge in [-0.25, -0.2) is 9.79 Å². The fourth-order valence-corrected chi connectivity index (χ4v) is 3.53. The van der Waals surface area contributed by atoms with Gasteiger partial charge in [0.25, 0.3) is 0 Å². The summed E-state index contributed by atoms with van der Waals surface area (Å²) in [4.78, 5) is 17.1. The number of benzene rings is 1. The molecule has 1 atom stereocenters. The minimum Gasteiger partial charge on any atom is -0.508 e. The van der Waals surface area contributed by atoms with Crippen LogP contribution in [0.5, 0.6) is 5.75 Å². The van der Waals surface area contributed by atoms with Crippen LogP contribution in [0.25, 0.3) is 0 Å². The molecule has 1 aliphatic carbocycles. The predicted molar refractivity (Wildman–Crippen MR) is 95.8 cm³/mol. The van der Waals surface area contributed by atoms with Gasteiger partial charge >= 0.3 is 5.97 Å². The molecule has 1 fully saturated rings. The summed E-state index contributed by atoms with van der Waals surface area (Å²) in [6.45, 7) is 2.23. The van der Waals surface area contributed by atoms with E-state index >= 15 is 0 Å². The molecule has 1 aromatic carbocycles. The van der Waals surface area contributed by atoms with Gasteiger partial charge < -0.3 is 20.9 Å². The lowest BCUT2D eigenvalue weighted by Gasteiger charge is -2.26. The Bertz CT molecular complexity index is 706. The average Bonchev–Trinajstić information content (AvgIpc) is 2.60. The van der Waals surface area contributed by atoms with Crippen molar-refractivity contribution in [1.29, 1.82) is 0 Å². The quantitative estimate of drug-likeness (QED) is 0.731. The highest BCUT2D eigenvalue weighted by Crippen LogP contribution is 2.33. The number of ether oxygens (including phenoxy) is 1. The van der Waals surface area contributed by atoms with Crippen LogP contribution in [0.3, 0.4) is 0 Å². The molecular formula is C19H25N3O3. The van der Waals surface area contributed by atoms with E-state index < -0.39 is 6.04 Å². The minimum absolute atomic E-state index is 0.123. The number of guanidine groups is 1. The molecule has 1 saturated carbocycles. The van der Waals surface area contributed by atoms with Gasteiger partial charge in [0.1, 0.15) is 11.8 Å². The smallest absolute Gasteiger partial charge is 0.338 e. The van der Waals surface area contributed by atoms with Crippen LogP contribution in [0, 0.1) is 5.92 Å². The molecular weight excluding hydrogens is 318 g/mol. The lowest BCUT2D eigenvalue weighted by molar-refractivity contribution is -0.141. The Balaban J connectivity index is 1.78. The third-order valence-electron chi connectivity index (χ3n) is 4.84. The molecule has 25 heavy (non-hydrogen) atoms. The summed E-state index contributed by atoms with van der Waals surface area (Å²) < 4.78 is 5.60. The molecule has 1 heterocycles. The maximum atomic E-state index is 12.7. The lowest BCUT2D eigenvalue weighted by atomic mass is 9.90. The van der Waals surface area contributed by atoms with E-state index in [9.17, 15) is 9.90 Å². The van der Waals surface area contributed by atoms with Gasteiger partial charge in [-0.3, -0.25) is 0 Å². The second kappa shape index (κ2) is 7.59. The van der Waals surface area contributed by atoms with Gasteiger partial charge in [-0.1, -0.05) is 31.4 Å². The van der Waals surface area contributed by atoms with Crippen molar-refractivity contribution in [3.05, 3.63) is 41.1 Å². The number of hydrogen-bond acceptors (Lipinski definition) is 6. The lowest BCUT2D eigenvalue weighted by Crippen LogP contribution is -2.37. The summed E-state index contributed by atoms with van der Waals surface area (Å²) in [7, 11) is 0. The topological polar surface area (TPSA) is 96.9 Å². The van der Waals surface area contributed by atoms with Gasteiger partial charge in [0.2, 0.25) is 0 Å². The summed E-state index contributed by atoms with van der Waals surface area (Å²) in [5, 5.41) is 12.7. The maximum Gasteiger partial charge on any atom is 0.338 e. The number of phenols is 1. The SMILES string of the molecule is CC1=C(C(=O)OCC2CCCCC2)C(c2cccc(O)c2)N=C(N)N1. The predicted octanol–water partition coefficient (Wildman–Crippen LogP) is 2.75. The number of carbonyl (C=O) groups excluding carboxylic acids is 1. The summed E-state index contributed by atoms with van der Waals surface area (Å²) in [5.41, 5.74) is 7.61. The van der Waals surface area contributed by atoms with Crippen molar-refractivity contribution in [3.8, 4) is 5.75 Å². The zero-order chi connectivity index (χ0) is 17.8. The van der Waals surface area contributed by atoms with Crippen molar-refractivity contribution in [3.63, 3.8) is 0 Å². The van der Waals surface area contributed by atoms with Crippen LogP contribution in [0.4, 0.5) is 0 Å². The van der Waals surface area contributed by atoms with E-state index in [4.69, 9.17) is 10.5 Å². The van der Waals surface area contributed by atoms with Crippen LogP contribution < -0.4 is 11.1 Å². The number of phenolic OH excluding ortho intramolecular Hbond substituents is 1. The summed E-state index contributed by atoms with van der Waals surface area (Å²) >= 11 is 0. The first-order chi connectivity index (χ1) is 12.0. The maximum absolute atomic E-state index is 12.7. The normalized spacial score (nSPS) is 21.5. The molecule has 0 radical (unpaired) electrons. The Morgan fingerprint density at radius 1 is 1.36 bits per heavy atom. The fraction of sp³-hybridized carbons (Fsp3) is 0.474. The van der Waals surface area contributed by atoms with E-state index in [1.807, 2.05) is 6.07 Å². The van der Waals surface area contributed by atoms with Crippen LogP contribution in [0.1, 0.15) is 50.6 Å². The molecule has 0 aromatic heterocycles. The monoisotopic (exact) mass is 343 g/mol. The second-order valence-electron chi connectivity index (χ2n) is 6.78. The number of hydrogen-bond donors (Lipinski definition) is 3. The fourth-order valence-electron chi connectivity index (χ4n) is 3.53. The van der Waals surface area contributed by atoms with Crippen molar-refractivity contribution in [2.75, 3.05) is 6.61 Å². The third-order valence-corrected chi connectivity index (χ3v) is 4.84. The molecule has 3 rings (SSSR count). The molecule has 4 N–H and O–H groups in total. The summed E-state index contributed by atoms with van der Waals surface area (Å²) in [6.07, 6.45) is 5.91. The molecule has 6 nitrogen and oxygen atoms in total. The number of rotatable bonds is 4. The number of aromatic hydroxyl groups is 1.